The SMILES string of the molecule is O=C(CCN1C(=O)NC(C2CC2)(C2CC2)C1=O)c1ccc(F)cc1. The van der Waals surface area contributed by atoms with Crippen molar-refractivity contribution in [2.75, 3.05) is 6.54 Å². The van der Waals surface area contributed by atoms with Crippen LogP contribution in [0.5, 0.6) is 0 Å². The molecule has 1 aliphatic heterocycles. The van der Waals surface area contributed by atoms with Gasteiger partial charge in [0.25, 0.3) is 5.91 Å². The van der Waals surface area contributed by atoms with Gasteiger partial charge in [0.2, 0.25) is 0 Å². The first-order valence-corrected chi connectivity index (χ1v) is 8.45. The molecular weight excluding hydrogens is 311 g/mol. The second kappa shape index (κ2) is 5.40. The number of carbonyl (C=O) groups is 3. The third-order valence-corrected chi connectivity index (χ3v) is 5.33. The van der Waals surface area contributed by atoms with E-state index in [0.29, 0.717) is 5.56 Å². The molecule has 2 aliphatic carbocycles. The minimum atomic E-state index is -0.712. The number of ketones is 1. The number of Topliss-reactive ketones (excluding diaryl/α,β-unsaturated/α-hetero) is 1. The molecule has 0 bridgehead atoms. The molecule has 0 spiro atoms. The molecule has 5 nitrogen and oxygen atoms in total. The van der Waals surface area contributed by atoms with Crippen molar-refractivity contribution in [3.05, 3.63) is 35.6 Å². The molecular formula is C18H19FN2O3. The monoisotopic (exact) mass is 330 g/mol. The summed E-state index contributed by atoms with van der Waals surface area (Å²) in [5.41, 5.74) is -0.324. The molecule has 1 N–H and O–H groups in total. The fourth-order valence-electron chi connectivity index (χ4n) is 3.77. The van der Waals surface area contributed by atoms with Crippen LogP contribution in [0.25, 0.3) is 0 Å². The third kappa shape index (κ3) is 2.41. The van der Waals surface area contributed by atoms with Crippen molar-refractivity contribution in [2.45, 2.75) is 37.6 Å². The zero-order valence-electron chi connectivity index (χ0n) is 13.3. The maximum absolute atomic E-state index is 12.9. The number of amides is 3. The van der Waals surface area contributed by atoms with Crippen molar-refractivity contribution in [1.29, 1.82) is 0 Å². The zero-order valence-corrected chi connectivity index (χ0v) is 13.3. The van der Waals surface area contributed by atoms with Crippen LogP contribution in [-0.4, -0.2) is 34.7 Å². The summed E-state index contributed by atoms with van der Waals surface area (Å²) in [6, 6.07) is 4.91. The molecule has 1 aromatic carbocycles. The summed E-state index contributed by atoms with van der Waals surface area (Å²) in [6.45, 7) is 0.0715. The Hall–Kier alpha value is -2.24. The van der Waals surface area contributed by atoms with Gasteiger partial charge in [0.1, 0.15) is 11.4 Å². The molecule has 24 heavy (non-hydrogen) atoms. The van der Waals surface area contributed by atoms with Crippen molar-refractivity contribution < 1.29 is 18.8 Å². The Labute approximate surface area is 139 Å². The van der Waals surface area contributed by atoms with Crippen LogP contribution in [0.4, 0.5) is 9.18 Å². The van der Waals surface area contributed by atoms with Gasteiger partial charge in [-0.25, -0.2) is 9.18 Å². The number of hydrogen-bond acceptors (Lipinski definition) is 3. The van der Waals surface area contributed by atoms with E-state index in [2.05, 4.69) is 5.32 Å². The largest absolute Gasteiger partial charge is 0.325 e. The molecule has 6 heteroatoms. The number of halogens is 1. The summed E-state index contributed by atoms with van der Waals surface area (Å²) >= 11 is 0. The highest BCUT2D eigenvalue weighted by Crippen LogP contribution is 2.54. The molecule has 1 heterocycles. The maximum atomic E-state index is 12.9. The highest BCUT2D eigenvalue weighted by atomic mass is 19.1. The number of hydrogen-bond donors (Lipinski definition) is 1. The van der Waals surface area contributed by atoms with E-state index in [4.69, 9.17) is 0 Å². The Balaban J connectivity index is 1.45. The standard InChI is InChI=1S/C18H19FN2O3/c19-14-7-1-11(2-8-14)15(22)9-10-21-16(23)18(12-3-4-12,13-5-6-13)20-17(21)24/h1-2,7-8,12-13H,3-6,9-10H2,(H,20,24). The van der Waals surface area contributed by atoms with E-state index < -0.39 is 11.4 Å². The van der Waals surface area contributed by atoms with Gasteiger partial charge in [0, 0.05) is 18.5 Å². The Morgan fingerprint density at radius 1 is 1.12 bits per heavy atom. The van der Waals surface area contributed by atoms with Crippen molar-refractivity contribution in [2.24, 2.45) is 11.8 Å². The van der Waals surface area contributed by atoms with Gasteiger partial charge < -0.3 is 5.32 Å². The Morgan fingerprint density at radius 2 is 1.71 bits per heavy atom. The van der Waals surface area contributed by atoms with Crippen LogP contribution < -0.4 is 5.32 Å². The fourth-order valence-corrected chi connectivity index (χ4v) is 3.77. The van der Waals surface area contributed by atoms with Gasteiger partial charge in [-0.15, -0.1) is 0 Å². The summed E-state index contributed by atoms with van der Waals surface area (Å²) in [5.74, 6) is -0.270. The van der Waals surface area contributed by atoms with E-state index >= 15 is 0 Å². The van der Waals surface area contributed by atoms with Crippen molar-refractivity contribution in [1.82, 2.24) is 10.2 Å². The molecule has 0 radical (unpaired) electrons. The second-order valence-electron chi connectivity index (χ2n) is 6.98. The third-order valence-electron chi connectivity index (χ3n) is 5.33. The van der Waals surface area contributed by atoms with Gasteiger partial charge in [-0.1, -0.05) is 0 Å². The Morgan fingerprint density at radius 3 is 2.25 bits per heavy atom. The molecule has 3 amide bonds. The summed E-state index contributed by atoms with van der Waals surface area (Å²) in [5, 5.41) is 2.94. The molecule has 4 rings (SSSR count). The van der Waals surface area contributed by atoms with E-state index in [1.54, 1.807) is 0 Å². The number of carbonyl (C=O) groups excluding carboxylic acids is 3. The quantitative estimate of drug-likeness (QED) is 0.644. The highest BCUT2D eigenvalue weighted by molar-refractivity contribution is 6.08. The molecule has 3 fully saturated rings. The second-order valence-corrected chi connectivity index (χ2v) is 6.98. The zero-order chi connectivity index (χ0) is 16.9. The van der Waals surface area contributed by atoms with Crippen LogP contribution in [0.1, 0.15) is 42.5 Å². The van der Waals surface area contributed by atoms with Crippen molar-refractivity contribution in [3.63, 3.8) is 0 Å². The van der Waals surface area contributed by atoms with Crippen LogP contribution in [-0.2, 0) is 4.79 Å². The lowest BCUT2D eigenvalue weighted by molar-refractivity contribution is -0.132. The van der Waals surface area contributed by atoms with E-state index in [9.17, 15) is 18.8 Å². The lowest BCUT2D eigenvalue weighted by Crippen LogP contribution is -2.51. The van der Waals surface area contributed by atoms with Gasteiger partial charge in [0.15, 0.2) is 5.78 Å². The first kappa shape index (κ1) is 15.3. The number of rotatable bonds is 6. The van der Waals surface area contributed by atoms with Crippen LogP contribution in [0.2, 0.25) is 0 Å². The normalized spacial score (nSPS) is 22.6. The van der Waals surface area contributed by atoms with Gasteiger partial charge >= 0.3 is 6.03 Å². The summed E-state index contributed by atoms with van der Waals surface area (Å²) in [6.07, 6.45) is 3.96. The van der Waals surface area contributed by atoms with Crippen molar-refractivity contribution in [3.8, 4) is 0 Å². The Kier molecular flexibility index (Phi) is 3.44. The van der Waals surface area contributed by atoms with Crippen LogP contribution >= 0.6 is 0 Å². The van der Waals surface area contributed by atoms with Gasteiger partial charge in [-0.3, -0.25) is 14.5 Å². The smallest absolute Gasteiger partial charge is 0.323 e. The molecule has 2 saturated carbocycles. The molecule has 1 aromatic rings. The first-order valence-electron chi connectivity index (χ1n) is 8.45. The predicted octanol–water partition coefficient (Wildman–Crippen LogP) is 2.51. The molecule has 0 aromatic heterocycles. The molecule has 3 aliphatic rings. The number of nitrogens with one attached hydrogen (secondary N) is 1. The molecule has 126 valence electrons. The molecule has 0 unspecified atom stereocenters. The lowest BCUT2D eigenvalue weighted by Gasteiger charge is -2.26. The van der Waals surface area contributed by atoms with Crippen LogP contribution in [0.3, 0.4) is 0 Å². The molecule has 0 atom stereocenters. The minimum absolute atomic E-state index is 0.0518. The van der Waals surface area contributed by atoms with Crippen molar-refractivity contribution >= 4 is 17.7 Å². The van der Waals surface area contributed by atoms with Gasteiger partial charge in [-0.05, 0) is 61.8 Å². The number of nitrogens with zero attached hydrogens (tertiary/aromatic N) is 1. The topological polar surface area (TPSA) is 66.5 Å². The number of urea groups is 1. The average Bonchev–Trinajstić information content (AvgIpc) is 3.46. The highest BCUT2D eigenvalue weighted by Gasteiger charge is 2.65. The minimum Gasteiger partial charge on any atom is -0.323 e. The summed E-state index contributed by atoms with van der Waals surface area (Å²) < 4.78 is 12.9. The van der Waals surface area contributed by atoms with E-state index in [1.165, 1.54) is 29.2 Å². The van der Waals surface area contributed by atoms with E-state index in [-0.39, 0.29) is 42.5 Å². The van der Waals surface area contributed by atoms with Gasteiger partial charge in [0.05, 0.1) is 0 Å². The van der Waals surface area contributed by atoms with E-state index in [1.807, 2.05) is 0 Å². The Bertz CT molecular complexity index is 695. The first-order chi connectivity index (χ1) is 11.5. The van der Waals surface area contributed by atoms with Gasteiger partial charge in [-0.2, -0.15) is 0 Å². The summed E-state index contributed by atoms with van der Waals surface area (Å²) in [7, 11) is 0. The molecule has 1 saturated heterocycles. The average molecular weight is 330 g/mol. The number of imide groups is 1. The fraction of sp³-hybridized carbons (Fsp3) is 0.500. The van der Waals surface area contributed by atoms with Crippen LogP contribution in [0, 0.1) is 17.7 Å². The predicted molar refractivity (Wildman–Crippen MR) is 83.8 cm³/mol. The summed E-state index contributed by atoms with van der Waals surface area (Å²) in [4.78, 5) is 38.5. The van der Waals surface area contributed by atoms with E-state index in [0.717, 1.165) is 25.7 Å². The lowest BCUT2D eigenvalue weighted by atomic mass is 9.87. The van der Waals surface area contributed by atoms with Crippen LogP contribution in [0.15, 0.2) is 24.3 Å². The number of benzene rings is 1. The maximum Gasteiger partial charge on any atom is 0.325 e.